The number of nitrogens with one attached hydrogen (secondary N) is 1. The van der Waals surface area contributed by atoms with Crippen LogP contribution < -0.4 is 11.1 Å². The number of amides is 1. The van der Waals surface area contributed by atoms with Gasteiger partial charge in [0.2, 0.25) is 5.91 Å². The largest absolute Gasteiger partial charge is 0.384 e. The van der Waals surface area contributed by atoms with Crippen LogP contribution >= 0.6 is 11.6 Å². The number of carbonyl (C=O) groups excluding carboxylic acids is 1. The van der Waals surface area contributed by atoms with Gasteiger partial charge in [0.25, 0.3) is 0 Å². The number of morpholine rings is 1. The Morgan fingerprint density at radius 2 is 2.47 bits per heavy atom. The zero-order valence-electron chi connectivity index (χ0n) is 10.7. The van der Waals surface area contributed by atoms with Crippen molar-refractivity contribution < 1.29 is 9.53 Å². The normalized spacial score (nSPS) is 20.2. The molecule has 0 aliphatic carbocycles. The first kappa shape index (κ1) is 14.0. The van der Waals surface area contributed by atoms with Crippen molar-refractivity contribution >= 4 is 23.3 Å². The predicted molar refractivity (Wildman–Crippen MR) is 72.7 cm³/mol. The van der Waals surface area contributed by atoms with Crippen molar-refractivity contribution in [3.63, 3.8) is 0 Å². The molecule has 3 N–H and O–H groups in total. The highest BCUT2D eigenvalue weighted by Crippen LogP contribution is 2.19. The fourth-order valence-corrected chi connectivity index (χ4v) is 2.20. The first-order chi connectivity index (χ1) is 9.11. The summed E-state index contributed by atoms with van der Waals surface area (Å²) >= 11 is 6.10. The van der Waals surface area contributed by atoms with Crippen molar-refractivity contribution in [2.75, 3.05) is 32.5 Å². The molecular weight excluding hydrogens is 268 g/mol. The molecule has 1 atom stereocenters. The summed E-state index contributed by atoms with van der Waals surface area (Å²) in [6.07, 6.45) is 0. The molecule has 19 heavy (non-hydrogen) atoms. The number of carbonyl (C=O) groups is 1. The Morgan fingerprint density at radius 1 is 1.68 bits per heavy atom. The van der Waals surface area contributed by atoms with Gasteiger partial charge in [0.1, 0.15) is 11.9 Å². The van der Waals surface area contributed by atoms with Crippen LogP contribution in [0.2, 0.25) is 5.02 Å². The number of nitrogens with zero attached hydrogens (tertiary/aromatic N) is 2. The molecule has 1 unspecified atom stereocenters. The molecule has 0 radical (unpaired) electrons. The number of rotatable bonds is 3. The maximum atomic E-state index is 11.8. The highest BCUT2D eigenvalue weighted by Gasteiger charge is 2.29. The van der Waals surface area contributed by atoms with Crippen molar-refractivity contribution in [3.8, 4) is 0 Å². The third-order valence-corrected chi connectivity index (χ3v) is 3.43. The van der Waals surface area contributed by atoms with E-state index in [4.69, 9.17) is 22.1 Å². The lowest BCUT2D eigenvalue weighted by Crippen LogP contribution is -2.52. The number of pyridine rings is 1. The molecule has 1 aromatic rings. The summed E-state index contributed by atoms with van der Waals surface area (Å²) in [6, 6.07) is 3.05. The Labute approximate surface area is 116 Å². The van der Waals surface area contributed by atoms with Gasteiger partial charge in [-0.05, 0) is 12.1 Å². The van der Waals surface area contributed by atoms with Crippen LogP contribution in [0.25, 0.3) is 0 Å². The summed E-state index contributed by atoms with van der Waals surface area (Å²) in [5.74, 6) is 0.351. The van der Waals surface area contributed by atoms with E-state index >= 15 is 0 Å². The maximum Gasteiger partial charge on any atom is 0.239 e. The lowest BCUT2D eigenvalue weighted by atomic mass is 10.2. The fourth-order valence-electron chi connectivity index (χ4n) is 2.04. The third kappa shape index (κ3) is 3.34. The van der Waals surface area contributed by atoms with Gasteiger partial charge in [-0.3, -0.25) is 9.69 Å². The number of hydrogen-bond acceptors (Lipinski definition) is 5. The Balaban J connectivity index is 2.15. The molecule has 6 nitrogen and oxygen atoms in total. The van der Waals surface area contributed by atoms with Crippen LogP contribution in [-0.4, -0.2) is 48.6 Å². The maximum absolute atomic E-state index is 11.8. The van der Waals surface area contributed by atoms with E-state index in [0.717, 1.165) is 0 Å². The van der Waals surface area contributed by atoms with Gasteiger partial charge in [-0.25, -0.2) is 4.98 Å². The van der Waals surface area contributed by atoms with E-state index in [0.29, 0.717) is 42.8 Å². The van der Waals surface area contributed by atoms with Gasteiger partial charge in [0.05, 0.1) is 23.9 Å². The molecule has 0 spiro atoms. The zero-order valence-corrected chi connectivity index (χ0v) is 11.5. The van der Waals surface area contributed by atoms with Crippen LogP contribution in [0, 0.1) is 0 Å². The monoisotopic (exact) mass is 284 g/mol. The summed E-state index contributed by atoms with van der Waals surface area (Å²) in [6.45, 7) is 2.10. The lowest BCUT2D eigenvalue weighted by Gasteiger charge is -2.34. The molecule has 0 aromatic carbocycles. The van der Waals surface area contributed by atoms with E-state index in [1.54, 1.807) is 19.2 Å². The number of hydrogen-bond donors (Lipinski definition) is 2. The molecule has 1 fully saturated rings. The van der Waals surface area contributed by atoms with Crippen molar-refractivity contribution in [3.05, 3.63) is 22.8 Å². The number of halogens is 1. The number of nitrogen functional groups attached to an aromatic ring is 1. The van der Waals surface area contributed by atoms with E-state index in [2.05, 4.69) is 10.3 Å². The van der Waals surface area contributed by atoms with E-state index in [1.165, 1.54) is 0 Å². The van der Waals surface area contributed by atoms with E-state index in [1.807, 2.05) is 4.90 Å². The predicted octanol–water partition coefficient (Wildman–Crippen LogP) is 0.264. The molecule has 7 heteroatoms. The average Bonchev–Trinajstić information content (AvgIpc) is 2.42. The number of ether oxygens (including phenoxy) is 1. The second kappa shape index (κ2) is 6.18. The third-order valence-electron chi connectivity index (χ3n) is 3.08. The van der Waals surface area contributed by atoms with Crippen LogP contribution in [0.4, 0.5) is 5.82 Å². The summed E-state index contributed by atoms with van der Waals surface area (Å²) in [7, 11) is 1.61. The highest BCUT2D eigenvalue weighted by atomic mass is 35.5. The molecule has 1 saturated heterocycles. The molecule has 104 valence electrons. The first-order valence-corrected chi connectivity index (χ1v) is 6.44. The zero-order chi connectivity index (χ0) is 13.8. The second-order valence-electron chi connectivity index (χ2n) is 4.34. The van der Waals surface area contributed by atoms with Crippen molar-refractivity contribution in [1.29, 1.82) is 0 Å². The number of anilines is 1. The van der Waals surface area contributed by atoms with Gasteiger partial charge in [-0.1, -0.05) is 11.6 Å². The fraction of sp³-hybridized carbons (Fsp3) is 0.500. The molecule has 1 aliphatic heterocycles. The Hall–Kier alpha value is -1.37. The van der Waals surface area contributed by atoms with Gasteiger partial charge >= 0.3 is 0 Å². The smallest absolute Gasteiger partial charge is 0.239 e. The molecule has 1 aliphatic rings. The molecule has 2 rings (SSSR count). The average molecular weight is 285 g/mol. The van der Waals surface area contributed by atoms with E-state index < -0.39 is 0 Å². The van der Waals surface area contributed by atoms with Gasteiger partial charge in [-0.2, -0.15) is 0 Å². The minimum atomic E-state index is -0.321. The quantitative estimate of drug-likeness (QED) is 0.832. The number of nitrogens with two attached hydrogens (primary N) is 1. The number of aromatic nitrogens is 1. The standard InChI is InChI=1S/C12H17ClN4O2/c1-15-12(18)10-7-19-5-4-17(10)6-9-8(13)2-3-11(14)16-9/h2-3,10H,4-7H2,1H3,(H2,14,16)(H,15,18). The van der Waals surface area contributed by atoms with Gasteiger partial charge in [0.15, 0.2) is 0 Å². The van der Waals surface area contributed by atoms with Gasteiger partial charge < -0.3 is 15.8 Å². The first-order valence-electron chi connectivity index (χ1n) is 6.06. The Bertz CT molecular complexity index is 469. The van der Waals surface area contributed by atoms with Crippen molar-refractivity contribution in [2.24, 2.45) is 0 Å². The molecular formula is C12H17ClN4O2. The topological polar surface area (TPSA) is 80.5 Å². The summed E-state index contributed by atoms with van der Waals surface area (Å²) in [5.41, 5.74) is 6.34. The number of likely N-dealkylation sites (N-methyl/N-ethyl adjacent to an activating group) is 1. The van der Waals surface area contributed by atoms with E-state index in [9.17, 15) is 4.79 Å². The van der Waals surface area contributed by atoms with Gasteiger partial charge in [-0.15, -0.1) is 0 Å². The molecule has 1 amide bonds. The second-order valence-corrected chi connectivity index (χ2v) is 4.75. The van der Waals surface area contributed by atoms with Crippen molar-refractivity contribution in [2.45, 2.75) is 12.6 Å². The van der Waals surface area contributed by atoms with Crippen molar-refractivity contribution in [1.82, 2.24) is 15.2 Å². The minimum Gasteiger partial charge on any atom is -0.384 e. The summed E-state index contributed by atoms with van der Waals surface area (Å²) < 4.78 is 5.35. The lowest BCUT2D eigenvalue weighted by molar-refractivity contribution is -0.132. The van der Waals surface area contributed by atoms with Crippen LogP contribution in [0.3, 0.4) is 0 Å². The minimum absolute atomic E-state index is 0.0697. The van der Waals surface area contributed by atoms with Crippen LogP contribution in [0.5, 0.6) is 0 Å². The van der Waals surface area contributed by atoms with Crippen LogP contribution in [0.1, 0.15) is 5.69 Å². The van der Waals surface area contributed by atoms with E-state index in [-0.39, 0.29) is 11.9 Å². The van der Waals surface area contributed by atoms with Crippen LogP contribution in [0.15, 0.2) is 12.1 Å². The summed E-state index contributed by atoms with van der Waals surface area (Å²) in [4.78, 5) is 18.0. The molecule has 0 bridgehead atoms. The van der Waals surface area contributed by atoms with Crippen LogP contribution in [-0.2, 0) is 16.1 Å². The summed E-state index contributed by atoms with van der Waals surface area (Å²) in [5, 5.41) is 3.19. The SMILES string of the molecule is CNC(=O)C1COCCN1Cc1nc(N)ccc1Cl. The molecule has 1 aromatic heterocycles. The Morgan fingerprint density at radius 3 is 3.21 bits per heavy atom. The Kier molecular flexibility index (Phi) is 4.57. The van der Waals surface area contributed by atoms with Gasteiger partial charge in [0, 0.05) is 20.1 Å². The molecule has 0 saturated carbocycles. The highest BCUT2D eigenvalue weighted by molar-refractivity contribution is 6.31. The molecule has 2 heterocycles.